The third-order valence-corrected chi connectivity index (χ3v) is 4.23. The van der Waals surface area contributed by atoms with Gasteiger partial charge in [0.1, 0.15) is 5.69 Å². The smallest absolute Gasteiger partial charge is 0.274 e. The summed E-state index contributed by atoms with van der Waals surface area (Å²) in [5, 5.41) is 6.08. The largest absolute Gasteiger partial charge is 0.324 e. The van der Waals surface area contributed by atoms with Gasteiger partial charge in [-0.15, -0.1) is 0 Å². The highest BCUT2D eigenvalue weighted by molar-refractivity contribution is 6.03. The van der Waals surface area contributed by atoms with Crippen molar-refractivity contribution in [1.29, 1.82) is 0 Å². The van der Waals surface area contributed by atoms with Gasteiger partial charge in [0.15, 0.2) is 0 Å². The average molecular weight is 346 g/mol. The molecule has 0 fully saturated rings. The van der Waals surface area contributed by atoms with Gasteiger partial charge in [0.25, 0.3) is 5.91 Å². The van der Waals surface area contributed by atoms with Crippen LogP contribution in [-0.4, -0.2) is 15.9 Å². The standard InChI is InChI=1S/C21H22N4O/c1-4-16-8-10-17(11-9-16)23-20(26)18-12-13-22-21(24-18)25-19-14(2)6-5-7-15(19)3/h5-13H,4H2,1-3H3,(H,23,26)(H,22,24,25). The lowest BCUT2D eigenvalue weighted by atomic mass is 10.1. The molecule has 5 heteroatoms. The van der Waals surface area contributed by atoms with Crippen LogP contribution in [0.2, 0.25) is 0 Å². The SMILES string of the molecule is CCc1ccc(NC(=O)c2ccnc(Nc3c(C)cccc3C)n2)cc1. The molecule has 0 aliphatic rings. The number of hydrogen-bond donors (Lipinski definition) is 2. The number of aryl methyl sites for hydroxylation is 3. The van der Waals surface area contributed by atoms with Crippen LogP contribution in [0, 0.1) is 13.8 Å². The highest BCUT2D eigenvalue weighted by atomic mass is 16.1. The predicted octanol–water partition coefficient (Wildman–Crippen LogP) is 4.65. The number of aromatic nitrogens is 2. The van der Waals surface area contributed by atoms with Crippen molar-refractivity contribution in [3.05, 3.63) is 77.1 Å². The Morgan fingerprint density at radius 2 is 1.69 bits per heavy atom. The molecule has 1 heterocycles. The second-order valence-electron chi connectivity index (χ2n) is 6.16. The van der Waals surface area contributed by atoms with Crippen LogP contribution in [0.25, 0.3) is 0 Å². The number of nitrogens with one attached hydrogen (secondary N) is 2. The molecular formula is C21H22N4O. The molecule has 1 aromatic heterocycles. The maximum absolute atomic E-state index is 12.5. The first kappa shape index (κ1) is 17.6. The van der Waals surface area contributed by atoms with E-state index in [1.54, 1.807) is 12.3 Å². The van der Waals surface area contributed by atoms with Gasteiger partial charge in [-0.1, -0.05) is 37.3 Å². The zero-order valence-corrected chi connectivity index (χ0v) is 15.2. The van der Waals surface area contributed by atoms with Crippen LogP contribution in [0.4, 0.5) is 17.3 Å². The first-order chi connectivity index (χ1) is 12.6. The summed E-state index contributed by atoms with van der Waals surface area (Å²) in [6, 6.07) is 15.4. The van der Waals surface area contributed by atoms with Gasteiger partial charge in [-0.3, -0.25) is 4.79 Å². The molecule has 26 heavy (non-hydrogen) atoms. The summed E-state index contributed by atoms with van der Waals surface area (Å²) in [4.78, 5) is 21.1. The van der Waals surface area contributed by atoms with E-state index in [1.165, 1.54) is 5.56 Å². The van der Waals surface area contributed by atoms with Gasteiger partial charge in [0.2, 0.25) is 5.95 Å². The molecule has 2 aromatic carbocycles. The van der Waals surface area contributed by atoms with Gasteiger partial charge in [0.05, 0.1) is 0 Å². The first-order valence-electron chi connectivity index (χ1n) is 8.63. The molecule has 1 amide bonds. The number of amides is 1. The summed E-state index contributed by atoms with van der Waals surface area (Å²) in [6.07, 6.45) is 2.55. The van der Waals surface area contributed by atoms with E-state index in [4.69, 9.17) is 0 Å². The number of hydrogen-bond acceptors (Lipinski definition) is 4. The van der Waals surface area contributed by atoms with Crippen LogP contribution in [0.3, 0.4) is 0 Å². The molecule has 0 aliphatic carbocycles. The molecular weight excluding hydrogens is 324 g/mol. The molecule has 2 N–H and O–H groups in total. The number of anilines is 3. The van der Waals surface area contributed by atoms with Crippen molar-refractivity contribution in [3.63, 3.8) is 0 Å². The number of rotatable bonds is 5. The number of nitrogens with zero attached hydrogens (tertiary/aromatic N) is 2. The minimum Gasteiger partial charge on any atom is -0.324 e. The quantitative estimate of drug-likeness (QED) is 0.705. The summed E-state index contributed by atoms with van der Waals surface area (Å²) in [6.45, 7) is 6.14. The van der Waals surface area contributed by atoms with E-state index >= 15 is 0 Å². The highest BCUT2D eigenvalue weighted by Crippen LogP contribution is 2.22. The summed E-state index contributed by atoms with van der Waals surface area (Å²) in [5.74, 6) is 0.137. The second-order valence-corrected chi connectivity index (χ2v) is 6.16. The first-order valence-corrected chi connectivity index (χ1v) is 8.63. The maximum atomic E-state index is 12.5. The minimum atomic E-state index is -0.263. The van der Waals surface area contributed by atoms with Crippen molar-refractivity contribution in [2.75, 3.05) is 10.6 Å². The van der Waals surface area contributed by atoms with E-state index in [0.29, 0.717) is 11.6 Å². The normalized spacial score (nSPS) is 10.4. The summed E-state index contributed by atoms with van der Waals surface area (Å²) in [5.41, 5.74) is 5.44. The average Bonchev–Trinajstić information content (AvgIpc) is 2.66. The van der Waals surface area contributed by atoms with Crippen molar-refractivity contribution < 1.29 is 4.79 Å². The molecule has 132 valence electrons. The van der Waals surface area contributed by atoms with E-state index in [2.05, 4.69) is 27.5 Å². The minimum absolute atomic E-state index is 0.263. The zero-order valence-electron chi connectivity index (χ0n) is 15.2. The Labute approximate surface area is 153 Å². The molecule has 0 saturated heterocycles. The van der Waals surface area contributed by atoms with Gasteiger partial charge >= 0.3 is 0 Å². The van der Waals surface area contributed by atoms with Crippen molar-refractivity contribution >= 4 is 23.2 Å². The molecule has 3 aromatic rings. The lowest BCUT2D eigenvalue weighted by Gasteiger charge is -2.12. The number of para-hydroxylation sites is 1. The van der Waals surface area contributed by atoms with Crippen LogP contribution < -0.4 is 10.6 Å². The Morgan fingerprint density at radius 3 is 2.35 bits per heavy atom. The van der Waals surface area contributed by atoms with E-state index in [1.807, 2.05) is 56.3 Å². The molecule has 5 nitrogen and oxygen atoms in total. The van der Waals surface area contributed by atoms with Gasteiger partial charge in [0, 0.05) is 17.6 Å². The topological polar surface area (TPSA) is 66.9 Å². The van der Waals surface area contributed by atoms with Gasteiger partial charge in [-0.05, 0) is 55.2 Å². The number of carbonyl (C=O) groups is 1. The molecule has 0 aliphatic heterocycles. The van der Waals surface area contributed by atoms with Crippen LogP contribution in [0.1, 0.15) is 34.1 Å². The third kappa shape index (κ3) is 4.06. The van der Waals surface area contributed by atoms with Gasteiger partial charge in [-0.25, -0.2) is 9.97 Å². The van der Waals surface area contributed by atoms with Crippen LogP contribution in [-0.2, 0) is 6.42 Å². The Kier molecular flexibility index (Phi) is 5.27. The fourth-order valence-electron chi connectivity index (χ4n) is 2.69. The van der Waals surface area contributed by atoms with Crippen molar-refractivity contribution in [2.24, 2.45) is 0 Å². The Balaban J connectivity index is 1.76. The Morgan fingerprint density at radius 1 is 1.00 bits per heavy atom. The van der Waals surface area contributed by atoms with E-state index < -0.39 is 0 Å². The Hall–Kier alpha value is -3.21. The summed E-state index contributed by atoms with van der Waals surface area (Å²) < 4.78 is 0. The van der Waals surface area contributed by atoms with Crippen LogP contribution >= 0.6 is 0 Å². The van der Waals surface area contributed by atoms with Crippen LogP contribution in [0.5, 0.6) is 0 Å². The van der Waals surface area contributed by atoms with E-state index in [9.17, 15) is 4.79 Å². The predicted molar refractivity (Wildman–Crippen MR) is 105 cm³/mol. The lowest BCUT2D eigenvalue weighted by Crippen LogP contribution is -2.15. The molecule has 0 saturated carbocycles. The van der Waals surface area contributed by atoms with Gasteiger partial charge < -0.3 is 10.6 Å². The molecule has 0 atom stereocenters. The Bertz CT molecular complexity index is 899. The fourth-order valence-corrected chi connectivity index (χ4v) is 2.69. The van der Waals surface area contributed by atoms with Gasteiger partial charge in [-0.2, -0.15) is 0 Å². The van der Waals surface area contributed by atoms with Crippen molar-refractivity contribution in [3.8, 4) is 0 Å². The fraction of sp³-hybridized carbons (Fsp3) is 0.190. The monoisotopic (exact) mass is 346 g/mol. The number of benzene rings is 2. The summed E-state index contributed by atoms with van der Waals surface area (Å²) in [7, 11) is 0. The van der Waals surface area contributed by atoms with E-state index in [0.717, 1.165) is 28.9 Å². The summed E-state index contributed by atoms with van der Waals surface area (Å²) >= 11 is 0. The highest BCUT2D eigenvalue weighted by Gasteiger charge is 2.11. The van der Waals surface area contributed by atoms with Crippen molar-refractivity contribution in [2.45, 2.75) is 27.2 Å². The zero-order chi connectivity index (χ0) is 18.5. The van der Waals surface area contributed by atoms with Crippen molar-refractivity contribution in [1.82, 2.24) is 9.97 Å². The van der Waals surface area contributed by atoms with Crippen LogP contribution in [0.15, 0.2) is 54.7 Å². The molecule has 0 unspecified atom stereocenters. The van der Waals surface area contributed by atoms with E-state index in [-0.39, 0.29) is 5.91 Å². The molecule has 0 radical (unpaired) electrons. The maximum Gasteiger partial charge on any atom is 0.274 e. The lowest BCUT2D eigenvalue weighted by molar-refractivity contribution is 0.102. The second kappa shape index (κ2) is 7.78. The third-order valence-electron chi connectivity index (χ3n) is 4.23. The molecule has 0 spiro atoms. The molecule has 0 bridgehead atoms. The number of carbonyl (C=O) groups excluding carboxylic acids is 1. The molecule has 3 rings (SSSR count).